The molecule has 16 heavy (non-hydrogen) atoms. The van der Waals surface area contributed by atoms with Gasteiger partial charge in [0.05, 0.1) is 0 Å². The zero-order valence-corrected chi connectivity index (χ0v) is 11.0. The van der Waals surface area contributed by atoms with E-state index in [-0.39, 0.29) is 5.54 Å². The summed E-state index contributed by atoms with van der Waals surface area (Å²) >= 11 is 0. The maximum absolute atomic E-state index is 4.29. The Morgan fingerprint density at radius 3 is 2.75 bits per heavy atom. The minimum Gasteiger partial charge on any atom is -0.312 e. The molecule has 0 aliphatic carbocycles. The van der Waals surface area contributed by atoms with E-state index in [2.05, 4.69) is 43.1 Å². The standard InChI is InChI=1S/C12H24N4/c1-5-9-16-11(13-10-15-16)7-6-8-14-12(2,3)4/h10,14H,5-9H2,1-4H3. The lowest BCUT2D eigenvalue weighted by Crippen LogP contribution is -2.36. The molecule has 0 aliphatic heterocycles. The van der Waals surface area contributed by atoms with Crippen LogP contribution in [0.15, 0.2) is 6.33 Å². The first-order valence-electron chi connectivity index (χ1n) is 6.14. The number of rotatable bonds is 6. The highest BCUT2D eigenvalue weighted by molar-refractivity contribution is 4.85. The second kappa shape index (κ2) is 5.99. The van der Waals surface area contributed by atoms with Crippen molar-refractivity contribution in [2.75, 3.05) is 6.54 Å². The molecule has 4 nitrogen and oxygen atoms in total. The fourth-order valence-electron chi connectivity index (χ4n) is 1.59. The minimum atomic E-state index is 0.205. The Morgan fingerprint density at radius 1 is 1.38 bits per heavy atom. The highest BCUT2D eigenvalue weighted by atomic mass is 15.3. The van der Waals surface area contributed by atoms with Crippen LogP contribution in [0.3, 0.4) is 0 Å². The molecule has 0 spiro atoms. The van der Waals surface area contributed by atoms with E-state index < -0.39 is 0 Å². The van der Waals surface area contributed by atoms with Gasteiger partial charge < -0.3 is 5.32 Å². The van der Waals surface area contributed by atoms with Crippen molar-refractivity contribution in [3.63, 3.8) is 0 Å². The first kappa shape index (κ1) is 13.2. The van der Waals surface area contributed by atoms with E-state index in [1.165, 1.54) is 0 Å². The molecule has 4 heteroatoms. The second-order valence-corrected chi connectivity index (χ2v) is 5.18. The van der Waals surface area contributed by atoms with Crippen molar-refractivity contribution in [2.45, 2.75) is 59.0 Å². The number of aryl methyl sites for hydroxylation is 2. The molecule has 0 radical (unpaired) electrons. The molecule has 1 heterocycles. The molecule has 0 saturated carbocycles. The predicted molar refractivity (Wildman–Crippen MR) is 66.4 cm³/mol. The fraction of sp³-hybridized carbons (Fsp3) is 0.833. The molecule has 1 aromatic rings. The SMILES string of the molecule is CCCn1ncnc1CCCNC(C)(C)C. The molecule has 1 aromatic heterocycles. The minimum absolute atomic E-state index is 0.205. The Bertz CT molecular complexity index is 298. The van der Waals surface area contributed by atoms with E-state index in [0.717, 1.165) is 38.2 Å². The van der Waals surface area contributed by atoms with Crippen LogP contribution in [-0.2, 0) is 13.0 Å². The molecule has 0 bridgehead atoms. The number of hydrogen-bond donors (Lipinski definition) is 1. The summed E-state index contributed by atoms with van der Waals surface area (Å²) in [5.74, 6) is 1.11. The van der Waals surface area contributed by atoms with Crippen LogP contribution in [0.4, 0.5) is 0 Å². The maximum atomic E-state index is 4.29. The Kier molecular flexibility index (Phi) is 4.93. The molecule has 0 saturated heterocycles. The lowest BCUT2D eigenvalue weighted by Gasteiger charge is -2.20. The van der Waals surface area contributed by atoms with Crippen LogP contribution in [-0.4, -0.2) is 26.8 Å². The summed E-state index contributed by atoms with van der Waals surface area (Å²) < 4.78 is 2.01. The molecule has 0 fully saturated rings. The van der Waals surface area contributed by atoms with Crippen molar-refractivity contribution in [1.82, 2.24) is 20.1 Å². The average Bonchev–Trinajstić information content (AvgIpc) is 2.60. The van der Waals surface area contributed by atoms with E-state index >= 15 is 0 Å². The largest absolute Gasteiger partial charge is 0.312 e. The highest BCUT2D eigenvalue weighted by Gasteiger charge is 2.08. The van der Waals surface area contributed by atoms with Crippen molar-refractivity contribution in [2.24, 2.45) is 0 Å². The van der Waals surface area contributed by atoms with Crippen LogP contribution in [0, 0.1) is 0 Å². The number of nitrogens with one attached hydrogen (secondary N) is 1. The quantitative estimate of drug-likeness (QED) is 0.752. The summed E-state index contributed by atoms with van der Waals surface area (Å²) in [5.41, 5.74) is 0.205. The highest BCUT2D eigenvalue weighted by Crippen LogP contribution is 2.02. The van der Waals surface area contributed by atoms with Gasteiger partial charge in [0.2, 0.25) is 0 Å². The van der Waals surface area contributed by atoms with Crippen LogP contribution in [0.5, 0.6) is 0 Å². The van der Waals surface area contributed by atoms with Crippen molar-refractivity contribution in [3.8, 4) is 0 Å². The van der Waals surface area contributed by atoms with Gasteiger partial charge in [-0.15, -0.1) is 0 Å². The lowest BCUT2D eigenvalue weighted by atomic mass is 10.1. The van der Waals surface area contributed by atoms with Gasteiger partial charge in [0.1, 0.15) is 12.2 Å². The molecule has 92 valence electrons. The van der Waals surface area contributed by atoms with Crippen LogP contribution in [0.25, 0.3) is 0 Å². The summed E-state index contributed by atoms with van der Waals surface area (Å²) in [4.78, 5) is 4.29. The van der Waals surface area contributed by atoms with Crippen molar-refractivity contribution >= 4 is 0 Å². The molecule has 1 N–H and O–H groups in total. The third-order valence-corrected chi connectivity index (χ3v) is 2.36. The summed E-state index contributed by atoms with van der Waals surface area (Å²) in [5, 5.41) is 7.70. The Morgan fingerprint density at radius 2 is 2.12 bits per heavy atom. The van der Waals surface area contributed by atoms with E-state index in [9.17, 15) is 0 Å². The van der Waals surface area contributed by atoms with Crippen molar-refractivity contribution < 1.29 is 0 Å². The Labute approximate surface area is 98.5 Å². The van der Waals surface area contributed by atoms with Crippen LogP contribution in [0.2, 0.25) is 0 Å². The zero-order chi connectivity index (χ0) is 12.0. The summed E-state index contributed by atoms with van der Waals surface area (Å²) in [7, 11) is 0. The number of nitrogens with zero attached hydrogens (tertiary/aromatic N) is 3. The second-order valence-electron chi connectivity index (χ2n) is 5.18. The summed E-state index contributed by atoms with van der Waals surface area (Å²) in [6, 6.07) is 0. The maximum Gasteiger partial charge on any atom is 0.138 e. The molecule has 0 amide bonds. The molecule has 0 aromatic carbocycles. The van der Waals surface area contributed by atoms with Gasteiger partial charge in [0.25, 0.3) is 0 Å². The summed E-state index contributed by atoms with van der Waals surface area (Å²) in [6.45, 7) is 10.7. The van der Waals surface area contributed by atoms with E-state index in [1.54, 1.807) is 6.33 Å². The number of hydrogen-bond acceptors (Lipinski definition) is 3. The van der Waals surface area contributed by atoms with Gasteiger partial charge in [-0.25, -0.2) is 4.98 Å². The van der Waals surface area contributed by atoms with Gasteiger partial charge in [0, 0.05) is 18.5 Å². The normalized spacial score (nSPS) is 12.0. The van der Waals surface area contributed by atoms with Crippen molar-refractivity contribution in [1.29, 1.82) is 0 Å². The zero-order valence-electron chi connectivity index (χ0n) is 11.0. The molecule has 1 rings (SSSR count). The van der Waals surface area contributed by atoms with Crippen molar-refractivity contribution in [3.05, 3.63) is 12.2 Å². The third-order valence-electron chi connectivity index (χ3n) is 2.36. The third kappa shape index (κ3) is 4.75. The summed E-state index contributed by atoms with van der Waals surface area (Å²) in [6.07, 6.45) is 4.88. The van der Waals surface area contributed by atoms with E-state index in [0.29, 0.717) is 0 Å². The molecular formula is C12H24N4. The molecule has 0 aliphatic rings. The lowest BCUT2D eigenvalue weighted by molar-refractivity contribution is 0.419. The first-order valence-corrected chi connectivity index (χ1v) is 6.14. The smallest absolute Gasteiger partial charge is 0.138 e. The van der Waals surface area contributed by atoms with Gasteiger partial charge in [-0.2, -0.15) is 5.10 Å². The van der Waals surface area contributed by atoms with Gasteiger partial charge in [-0.1, -0.05) is 6.92 Å². The Hall–Kier alpha value is -0.900. The van der Waals surface area contributed by atoms with E-state index in [4.69, 9.17) is 0 Å². The van der Waals surface area contributed by atoms with Crippen LogP contribution in [0.1, 0.15) is 46.4 Å². The van der Waals surface area contributed by atoms with E-state index in [1.807, 2.05) is 4.68 Å². The van der Waals surface area contributed by atoms with Crippen LogP contribution >= 0.6 is 0 Å². The van der Waals surface area contributed by atoms with Gasteiger partial charge in [0.15, 0.2) is 0 Å². The van der Waals surface area contributed by atoms with Gasteiger partial charge in [-0.05, 0) is 40.2 Å². The predicted octanol–water partition coefficient (Wildman–Crippen LogP) is 2.01. The number of aromatic nitrogens is 3. The monoisotopic (exact) mass is 224 g/mol. The van der Waals surface area contributed by atoms with Gasteiger partial charge in [-0.3, -0.25) is 4.68 Å². The fourth-order valence-corrected chi connectivity index (χ4v) is 1.59. The first-order chi connectivity index (χ1) is 7.53. The Balaban J connectivity index is 2.29. The van der Waals surface area contributed by atoms with Crippen LogP contribution < -0.4 is 5.32 Å². The topological polar surface area (TPSA) is 42.7 Å². The van der Waals surface area contributed by atoms with Gasteiger partial charge >= 0.3 is 0 Å². The molecule has 0 unspecified atom stereocenters. The average molecular weight is 224 g/mol. The molecule has 0 atom stereocenters. The molecular weight excluding hydrogens is 200 g/mol.